The zero-order valence-electron chi connectivity index (χ0n) is 8.76. The number of anilines is 1. The first kappa shape index (κ1) is 11.4. The molecule has 90 valence electrons. The summed E-state index contributed by atoms with van der Waals surface area (Å²) >= 11 is 0. The Labute approximate surface area is 94.1 Å². The standard InChI is InChI=1S/C8H15N5O2S/c9-16(14,15)4-3-11-8-1-2-12-13(8)7-5-10-6-7/h1-2,7,10-11H,3-6H2,(H2,9,14,15). The Morgan fingerprint density at radius 2 is 2.38 bits per heavy atom. The van der Waals surface area contributed by atoms with E-state index in [1.165, 1.54) is 0 Å². The molecule has 2 rings (SSSR count). The number of nitrogens with zero attached hydrogens (tertiary/aromatic N) is 2. The van der Waals surface area contributed by atoms with Crippen LogP contribution in [0.2, 0.25) is 0 Å². The van der Waals surface area contributed by atoms with Crippen molar-refractivity contribution >= 4 is 15.8 Å². The molecule has 0 unspecified atom stereocenters. The van der Waals surface area contributed by atoms with Crippen molar-refractivity contribution in [2.24, 2.45) is 5.14 Å². The van der Waals surface area contributed by atoms with Gasteiger partial charge in [-0.25, -0.2) is 18.2 Å². The normalized spacial score (nSPS) is 17.1. The SMILES string of the molecule is NS(=O)(=O)CCNc1ccnn1C1CNC1. The van der Waals surface area contributed by atoms with Crippen LogP contribution >= 0.6 is 0 Å². The molecule has 0 aliphatic carbocycles. The van der Waals surface area contributed by atoms with Crippen LogP contribution in [0.5, 0.6) is 0 Å². The Bertz CT molecular complexity index is 451. The number of hydrogen-bond donors (Lipinski definition) is 3. The fraction of sp³-hybridized carbons (Fsp3) is 0.625. The zero-order chi connectivity index (χ0) is 11.6. The molecule has 0 bridgehead atoms. The van der Waals surface area contributed by atoms with Crippen molar-refractivity contribution in [3.05, 3.63) is 12.3 Å². The number of nitrogens with one attached hydrogen (secondary N) is 2. The molecule has 0 spiro atoms. The monoisotopic (exact) mass is 245 g/mol. The first-order valence-electron chi connectivity index (χ1n) is 5.05. The Hall–Kier alpha value is -1.12. The van der Waals surface area contributed by atoms with Gasteiger partial charge in [0.2, 0.25) is 10.0 Å². The van der Waals surface area contributed by atoms with Gasteiger partial charge in [-0.2, -0.15) is 5.10 Å². The molecule has 1 aromatic rings. The lowest BCUT2D eigenvalue weighted by molar-refractivity contribution is 0.321. The molecular weight excluding hydrogens is 230 g/mol. The van der Waals surface area contributed by atoms with Gasteiger partial charge in [0, 0.05) is 25.7 Å². The third-order valence-electron chi connectivity index (χ3n) is 2.47. The molecule has 7 nitrogen and oxygen atoms in total. The topological polar surface area (TPSA) is 102 Å². The Balaban J connectivity index is 1.91. The summed E-state index contributed by atoms with van der Waals surface area (Å²) in [6, 6.07) is 2.17. The van der Waals surface area contributed by atoms with E-state index in [-0.39, 0.29) is 5.75 Å². The number of nitrogens with two attached hydrogens (primary N) is 1. The molecule has 0 amide bonds. The molecule has 1 aliphatic rings. The van der Waals surface area contributed by atoms with Gasteiger partial charge in [0.25, 0.3) is 0 Å². The van der Waals surface area contributed by atoms with Crippen molar-refractivity contribution in [2.75, 3.05) is 30.7 Å². The minimum Gasteiger partial charge on any atom is -0.369 e. The number of hydrogen-bond acceptors (Lipinski definition) is 5. The largest absolute Gasteiger partial charge is 0.369 e. The predicted molar refractivity (Wildman–Crippen MR) is 60.6 cm³/mol. The van der Waals surface area contributed by atoms with Crippen LogP contribution < -0.4 is 15.8 Å². The van der Waals surface area contributed by atoms with Gasteiger partial charge in [-0.05, 0) is 0 Å². The van der Waals surface area contributed by atoms with Crippen molar-refractivity contribution in [3.8, 4) is 0 Å². The molecule has 1 aromatic heterocycles. The van der Waals surface area contributed by atoms with Gasteiger partial charge >= 0.3 is 0 Å². The molecule has 0 saturated carbocycles. The third-order valence-corrected chi connectivity index (χ3v) is 3.24. The van der Waals surface area contributed by atoms with Gasteiger partial charge in [-0.3, -0.25) is 0 Å². The van der Waals surface area contributed by atoms with Crippen molar-refractivity contribution in [3.63, 3.8) is 0 Å². The summed E-state index contributed by atoms with van der Waals surface area (Å²) in [5.41, 5.74) is 0. The highest BCUT2D eigenvalue weighted by Gasteiger charge is 2.21. The molecule has 1 saturated heterocycles. The maximum absolute atomic E-state index is 10.8. The molecule has 1 aliphatic heterocycles. The molecule has 0 atom stereocenters. The molecule has 1 fully saturated rings. The van der Waals surface area contributed by atoms with Gasteiger partial charge in [0.15, 0.2) is 0 Å². The van der Waals surface area contributed by atoms with Crippen LogP contribution in [0.15, 0.2) is 12.3 Å². The number of aromatic nitrogens is 2. The van der Waals surface area contributed by atoms with E-state index in [0.717, 1.165) is 18.9 Å². The van der Waals surface area contributed by atoms with Gasteiger partial charge in [-0.15, -0.1) is 0 Å². The van der Waals surface area contributed by atoms with E-state index in [1.807, 2.05) is 10.7 Å². The summed E-state index contributed by atoms with van der Waals surface area (Å²) < 4.78 is 23.4. The minimum absolute atomic E-state index is 0.0822. The summed E-state index contributed by atoms with van der Waals surface area (Å²) in [6.07, 6.45) is 1.69. The van der Waals surface area contributed by atoms with Gasteiger partial charge in [0.05, 0.1) is 18.0 Å². The molecule has 0 aromatic carbocycles. The first-order chi connectivity index (χ1) is 7.56. The number of sulfonamides is 1. The summed E-state index contributed by atoms with van der Waals surface area (Å²) in [6.45, 7) is 2.09. The second-order valence-electron chi connectivity index (χ2n) is 3.77. The molecule has 4 N–H and O–H groups in total. The Morgan fingerprint density at radius 3 is 2.94 bits per heavy atom. The minimum atomic E-state index is -3.41. The van der Waals surface area contributed by atoms with Crippen LogP contribution in [0, 0.1) is 0 Å². The number of primary sulfonamides is 1. The van der Waals surface area contributed by atoms with E-state index in [1.54, 1.807) is 6.20 Å². The smallest absolute Gasteiger partial charge is 0.210 e. The van der Waals surface area contributed by atoms with Crippen LogP contribution in [-0.2, 0) is 10.0 Å². The first-order valence-corrected chi connectivity index (χ1v) is 6.76. The zero-order valence-corrected chi connectivity index (χ0v) is 9.57. The van der Waals surface area contributed by atoms with Crippen LogP contribution in [-0.4, -0.2) is 43.6 Å². The third kappa shape index (κ3) is 2.71. The molecule has 8 heteroatoms. The maximum atomic E-state index is 10.8. The fourth-order valence-corrected chi connectivity index (χ4v) is 1.90. The fourth-order valence-electron chi connectivity index (χ4n) is 1.51. The van der Waals surface area contributed by atoms with Crippen molar-refractivity contribution in [2.45, 2.75) is 6.04 Å². The highest BCUT2D eigenvalue weighted by atomic mass is 32.2. The van der Waals surface area contributed by atoms with E-state index in [0.29, 0.717) is 12.6 Å². The molecule has 2 heterocycles. The quantitative estimate of drug-likeness (QED) is 0.600. The van der Waals surface area contributed by atoms with Crippen LogP contribution in [0.1, 0.15) is 6.04 Å². The highest BCUT2D eigenvalue weighted by molar-refractivity contribution is 7.89. The second-order valence-corrected chi connectivity index (χ2v) is 5.50. The average Bonchev–Trinajstić information content (AvgIpc) is 2.48. The van der Waals surface area contributed by atoms with Crippen LogP contribution in [0.25, 0.3) is 0 Å². The summed E-state index contributed by atoms with van der Waals surface area (Å²) in [5, 5.41) is 15.3. The molecule has 0 radical (unpaired) electrons. The maximum Gasteiger partial charge on any atom is 0.210 e. The second kappa shape index (κ2) is 4.40. The Kier molecular flexibility index (Phi) is 3.13. The summed E-state index contributed by atoms with van der Waals surface area (Å²) in [4.78, 5) is 0. The van der Waals surface area contributed by atoms with E-state index in [2.05, 4.69) is 15.7 Å². The van der Waals surface area contributed by atoms with Crippen LogP contribution in [0.4, 0.5) is 5.82 Å². The lowest BCUT2D eigenvalue weighted by atomic mass is 10.2. The van der Waals surface area contributed by atoms with E-state index in [4.69, 9.17) is 5.14 Å². The average molecular weight is 245 g/mol. The number of rotatable bonds is 5. The highest BCUT2D eigenvalue weighted by Crippen LogP contribution is 2.16. The lowest BCUT2D eigenvalue weighted by Gasteiger charge is -2.28. The van der Waals surface area contributed by atoms with Crippen LogP contribution in [0.3, 0.4) is 0 Å². The molecule has 16 heavy (non-hydrogen) atoms. The summed E-state index contributed by atoms with van der Waals surface area (Å²) in [7, 11) is -3.41. The van der Waals surface area contributed by atoms with Crippen molar-refractivity contribution < 1.29 is 8.42 Å². The van der Waals surface area contributed by atoms with E-state index in [9.17, 15) is 8.42 Å². The van der Waals surface area contributed by atoms with Gasteiger partial charge in [0.1, 0.15) is 5.82 Å². The van der Waals surface area contributed by atoms with Crippen molar-refractivity contribution in [1.82, 2.24) is 15.1 Å². The van der Waals surface area contributed by atoms with Gasteiger partial charge in [-0.1, -0.05) is 0 Å². The van der Waals surface area contributed by atoms with Gasteiger partial charge < -0.3 is 10.6 Å². The Morgan fingerprint density at radius 1 is 1.62 bits per heavy atom. The summed E-state index contributed by atoms with van der Waals surface area (Å²) in [5.74, 6) is 0.747. The predicted octanol–water partition coefficient (Wildman–Crippen LogP) is -1.27. The lowest BCUT2D eigenvalue weighted by Crippen LogP contribution is -2.44. The van der Waals surface area contributed by atoms with E-state index >= 15 is 0 Å². The molecular formula is C8H15N5O2S. The van der Waals surface area contributed by atoms with E-state index < -0.39 is 10.0 Å². The van der Waals surface area contributed by atoms with Crippen molar-refractivity contribution in [1.29, 1.82) is 0 Å².